The highest BCUT2D eigenvalue weighted by molar-refractivity contribution is 6.15. The smallest absolute Gasteiger partial charge is 0.162 e. The van der Waals surface area contributed by atoms with Gasteiger partial charge in [-0.3, -0.25) is 9.13 Å². The highest BCUT2D eigenvalue weighted by Crippen LogP contribution is 2.41. The Morgan fingerprint density at radius 2 is 1.02 bits per heavy atom. The second kappa shape index (κ2) is 13.0. The van der Waals surface area contributed by atoms with Crippen LogP contribution in [-0.2, 0) is 0 Å². The first-order valence-corrected chi connectivity index (χ1v) is 18.9. The van der Waals surface area contributed by atoms with Gasteiger partial charge in [-0.25, -0.2) is 15.0 Å². The lowest BCUT2D eigenvalue weighted by atomic mass is 9.96. The fraction of sp³-hybridized carbons (Fsp3) is 0. The summed E-state index contributed by atoms with van der Waals surface area (Å²) in [4.78, 5) is 15.9. The summed E-state index contributed by atoms with van der Waals surface area (Å²) >= 11 is 0. The Labute approximate surface area is 323 Å². The van der Waals surface area contributed by atoms with E-state index in [2.05, 4.69) is 179 Å². The normalized spacial score (nSPS) is 11.6. The van der Waals surface area contributed by atoms with Crippen molar-refractivity contribution in [3.05, 3.63) is 200 Å². The van der Waals surface area contributed by atoms with Crippen molar-refractivity contribution in [2.75, 3.05) is 0 Å². The molecular formula is C51H33N5. The van der Waals surface area contributed by atoms with Crippen molar-refractivity contribution in [2.45, 2.75) is 0 Å². The number of rotatable bonds is 6. The van der Waals surface area contributed by atoms with E-state index in [4.69, 9.17) is 15.0 Å². The molecule has 0 aliphatic rings. The molecule has 0 radical (unpaired) electrons. The van der Waals surface area contributed by atoms with Crippen LogP contribution in [0.2, 0.25) is 0 Å². The predicted molar refractivity (Wildman–Crippen MR) is 230 cm³/mol. The topological polar surface area (TPSA) is 48.5 Å². The fourth-order valence-corrected chi connectivity index (χ4v) is 8.17. The van der Waals surface area contributed by atoms with E-state index in [1.165, 1.54) is 16.3 Å². The van der Waals surface area contributed by atoms with Crippen molar-refractivity contribution < 1.29 is 0 Å². The predicted octanol–water partition coefficient (Wildman–Crippen LogP) is 12.7. The van der Waals surface area contributed by atoms with Gasteiger partial charge in [-0.15, -0.1) is 0 Å². The van der Waals surface area contributed by atoms with Crippen LogP contribution in [0.1, 0.15) is 0 Å². The number of fused-ring (bicyclic) bond motifs is 5. The minimum absolute atomic E-state index is 0.679. The number of aromatic nitrogens is 5. The number of para-hydroxylation sites is 2. The van der Waals surface area contributed by atoms with Crippen molar-refractivity contribution in [3.8, 4) is 56.5 Å². The van der Waals surface area contributed by atoms with Gasteiger partial charge in [0.2, 0.25) is 0 Å². The number of hydrogen-bond acceptors (Lipinski definition) is 3. The molecule has 0 unspecified atom stereocenters. The Morgan fingerprint density at radius 1 is 0.375 bits per heavy atom. The quantitative estimate of drug-likeness (QED) is 0.172. The van der Waals surface area contributed by atoms with Crippen LogP contribution in [0.15, 0.2) is 200 Å². The van der Waals surface area contributed by atoms with E-state index in [0.717, 1.165) is 78.1 Å². The van der Waals surface area contributed by atoms with E-state index in [1.54, 1.807) is 0 Å². The summed E-state index contributed by atoms with van der Waals surface area (Å²) in [6.07, 6.45) is 0. The molecule has 11 rings (SSSR count). The summed E-state index contributed by atoms with van der Waals surface area (Å²) in [6, 6.07) is 70.2. The molecule has 5 nitrogen and oxygen atoms in total. The van der Waals surface area contributed by atoms with Crippen LogP contribution in [0.3, 0.4) is 0 Å². The summed E-state index contributed by atoms with van der Waals surface area (Å²) in [7, 11) is 0. The first kappa shape index (κ1) is 31.9. The Balaban J connectivity index is 1.23. The van der Waals surface area contributed by atoms with Gasteiger partial charge in [-0.05, 0) is 64.4 Å². The van der Waals surface area contributed by atoms with Crippen molar-refractivity contribution in [1.29, 1.82) is 0 Å². The lowest BCUT2D eigenvalue weighted by Crippen LogP contribution is -2.02. The molecule has 8 aromatic carbocycles. The monoisotopic (exact) mass is 715 g/mol. The van der Waals surface area contributed by atoms with Gasteiger partial charge in [0.05, 0.1) is 27.6 Å². The van der Waals surface area contributed by atoms with Crippen molar-refractivity contribution in [3.63, 3.8) is 0 Å². The van der Waals surface area contributed by atoms with Gasteiger partial charge in [0.25, 0.3) is 0 Å². The minimum atomic E-state index is 0.679. The first-order chi connectivity index (χ1) is 27.8. The van der Waals surface area contributed by atoms with Crippen LogP contribution in [0.4, 0.5) is 0 Å². The summed E-state index contributed by atoms with van der Waals surface area (Å²) in [6.45, 7) is 0. The summed E-state index contributed by atoms with van der Waals surface area (Å²) in [5.41, 5.74) is 12.2. The van der Waals surface area contributed by atoms with E-state index >= 15 is 0 Å². The van der Waals surface area contributed by atoms with Crippen LogP contribution in [0.5, 0.6) is 0 Å². The van der Waals surface area contributed by atoms with E-state index in [9.17, 15) is 0 Å². The maximum Gasteiger partial charge on any atom is 0.162 e. The average molecular weight is 716 g/mol. The SMILES string of the molecule is c1ccc(-c2nc(-c3ccccc3)c3c4cc(-c5cccc6ccccc56)ccc4n(-c4cccc(-n5c(-c6ccccc6)nc6ccccc65)c4)c3n2)cc1. The van der Waals surface area contributed by atoms with E-state index in [-0.39, 0.29) is 0 Å². The van der Waals surface area contributed by atoms with Crippen LogP contribution in [0, 0.1) is 0 Å². The maximum absolute atomic E-state index is 5.44. The summed E-state index contributed by atoms with van der Waals surface area (Å²) in [5.74, 6) is 1.57. The summed E-state index contributed by atoms with van der Waals surface area (Å²) in [5, 5.41) is 4.54. The number of hydrogen-bond donors (Lipinski definition) is 0. The molecule has 0 saturated carbocycles. The highest BCUT2D eigenvalue weighted by atomic mass is 15.1. The van der Waals surface area contributed by atoms with Crippen molar-refractivity contribution in [1.82, 2.24) is 24.1 Å². The largest absolute Gasteiger partial charge is 0.294 e. The second-order valence-electron chi connectivity index (χ2n) is 14.1. The van der Waals surface area contributed by atoms with Crippen LogP contribution in [0.25, 0.3) is 100 Å². The molecule has 0 aliphatic heterocycles. The second-order valence-corrected chi connectivity index (χ2v) is 14.1. The van der Waals surface area contributed by atoms with Crippen LogP contribution < -0.4 is 0 Å². The van der Waals surface area contributed by atoms with Gasteiger partial charge < -0.3 is 0 Å². The van der Waals surface area contributed by atoms with Gasteiger partial charge in [0, 0.05) is 33.5 Å². The average Bonchev–Trinajstić information content (AvgIpc) is 3.83. The Hall–Kier alpha value is -7.63. The lowest BCUT2D eigenvalue weighted by molar-refractivity contribution is 1.07. The van der Waals surface area contributed by atoms with E-state index in [1.807, 2.05) is 30.3 Å². The Bertz CT molecular complexity index is 3230. The molecule has 0 atom stereocenters. The Kier molecular flexibility index (Phi) is 7.42. The zero-order chi connectivity index (χ0) is 37.0. The molecule has 0 spiro atoms. The number of nitrogens with zero attached hydrogens (tertiary/aromatic N) is 5. The molecule has 0 N–H and O–H groups in total. The molecule has 5 heteroatoms. The molecule has 0 aliphatic carbocycles. The molecule has 3 aromatic heterocycles. The van der Waals surface area contributed by atoms with Gasteiger partial charge >= 0.3 is 0 Å². The molecule has 56 heavy (non-hydrogen) atoms. The third-order valence-corrected chi connectivity index (χ3v) is 10.7. The van der Waals surface area contributed by atoms with Crippen molar-refractivity contribution >= 4 is 43.7 Å². The molecular weight excluding hydrogens is 683 g/mol. The zero-order valence-electron chi connectivity index (χ0n) is 30.3. The molecule has 11 aromatic rings. The maximum atomic E-state index is 5.44. The standard InChI is InChI=1S/C51H33N5/c1-4-17-35(18-5-1)48-47-43-32-38(42-27-14-23-34-16-10-11-26-41(34)42)30-31-45(43)55(51(47)54-49(53-48)36-19-6-2-7-20-36)39-24-15-25-40(33-39)56-46-29-13-12-28-44(46)52-50(56)37-21-8-3-9-22-37/h1-33H. The molecule has 0 saturated heterocycles. The van der Waals surface area contributed by atoms with Gasteiger partial charge in [-0.1, -0.05) is 158 Å². The van der Waals surface area contributed by atoms with Crippen molar-refractivity contribution in [2.24, 2.45) is 0 Å². The van der Waals surface area contributed by atoms with Gasteiger partial charge in [0.15, 0.2) is 5.82 Å². The molecule has 0 amide bonds. The molecule has 3 heterocycles. The molecule has 0 bridgehead atoms. The number of benzene rings is 8. The van der Waals surface area contributed by atoms with Crippen LogP contribution >= 0.6 is 0 Å². The van der Waals surface area contributed by atoms with E-state index < -0.39 is 0 Å². The first-order valence-electron chi connectivity index (χ1n) is 18.9. The molecule has 262 valence electrons. The lowest BCUT2D eigenvalue weighted by Gasteiger charge is -2.14. The minimum Gasteiger partial charge on any atom is -0.294 e. The van der Waals surface area contributed by atoms with Gasteiger partial charge in [-0.2, -0.15) is 0 Å². The molecule has 0 fully saturated rings. The zero-order valence-corrected chi connectivity index (χ0v) is 30.3. The number of imidazole rings is 1. The third kappa shape index (κ3) is 5.21. The third-order valence-electron chi connectivity index (χ3n) is 10.7. The summed E-state index contributed by atoms with van der Waals surface area (Å²) < 4.78 is 4.57. The van der Waals surface area contributed by atoms with E-state index in [0.29, 0.717) is 5.82 Å². The van der Waals surface area contributed by atoms with Gasteiger partial charge in [0.1, 0.15) is 11.5 Å². The Morgan fingerprint density at radius 3 is 1.82 bits per heavy atom. The fourth-order valence-electron chi connectivity index (χ4n) is 8.17. The van der Waals surface area contributed by atoms with Crippen LogP contribution in [-0.4, -0.2) is 24.1 Å². The highest BCUT2D eigenvalue weighted by Gasteiger charge is 2.23.